The van der Waals surface area contributed by atoms with Gasteiger partial charge in [0.25, 0.3) is 0 Å². The van der Waals surface area contributed by atoms with E-state index in [1.165, 1.54) is 17.7 Å². The monoisotopic (exact) mass is 414 g/mol. The first-order valence-corrected chi connectivity index (χ1v) is 10.6. The summed E-state index contributed by atoms with van der Waals surface area (Å²) in [5.74, 6) is 0.400. The molecule has 1 aliphatic rings. The van der Waals surface area contributed by atoms with Gasteiger partial charge in [0.05, 0.1) is 12.5 Å². The van der Waals surface area contributed by atoms with Crippen molar-refractivity contribution in [3.8, 4) is 5.75 Å². The van der Waals surface area contributed by atoms with Gasteiger partial charge in [-0.15, -0.1) is 0 Å². The first kappa shape index (κ1) is 22.2. The lowest BCUT2D eigenvalue weighted by Crippen LogP contribution is -2.47. The molecule has 0 aliphatic carbocycles. The average molecular weight is 415 g/mol. The predicted molar refractivity (Wildman–Crippen MR) is 115 cm³/mol. The lowest BCUT2D eigenvalue weighted by Gasteiger charge is -2.37. The molecule has 5 nitrogen and oxygen atoms in total. The topological polar surface area (TPSA) is 50.8 Å². The van der Waals surface area contributed by atoms with E-state index < -0.39 is 0 Å². The van der Waals surface area contributed by atoms with Gasteiger partial charge in [0.2, 0.25) is 5.91 Å². The number of benzene rings is 2. The molecule has 6 heteroatoms. The van der Waals surface area contributed by atoms with E-state index in [0.29, 0.717) is 25.5 Å². The van der Waals surface area contributed by atoms with Gasteiger partial charge in [-0.2, -0.15) is 0 Å². The van der Waals surface area contributed by atoms with Crippen molar-refractivity contribution in [3.05, 3.63) is 66.0 Å². The van der Waals surface area contributed by atoms with Crippen molar-refractivity contribution < 1.29 is 18.7 Å². The molecular formula is C24H31FN2O3. The first-order chi connectivity index (χ1) is 14.6. The first-order valence-electron chi connectivity index (χ1n) is 10.6. The summed E-state index contributed by atoms with van der Waals surface area (Å²) in [5, 5.41) is 3.04. The lowest BCUT2D eigenvalue weighted by molar-refractivity contribution is -0.127. The van der Waals surface area contributed by atoms with Crippen LogP contribution in [0.5, 0.6) is 5.75 Å². The fourth-order valence-electron chi connectivity index (χ4n) is 3.93. The van der Waals surface area contributed by atoms with E-state index in [0.717, 1.165) is 32.5 Å². The van der Waals surface area contributed by atoms with Gasteiger partial charge in [-0.25, -0.2) is 4.39 Å². The molecule has 162 valence electrons. The maximum absolute atomic E-state index is 13.4. The van der Waals surface area contributed by atoms with Crippen LogP contribution in [0.15, 0.2) is 54.6 Å². The Hall–Kier alpha value is -2.44. The number of carbonyl (C=O) groups excluding carboxylic acids is 1. The highest BCUT2D eigenvalue weighted by Crippen LogP contribution is 2.25. The fourth-order valence-corrected chi connectivity index (χ4v) is 3.93. The molecule has 1 fully saturated rings. The molecule has 1 N–H and O–H groups in total. The molecule has 1 aliphatic heterocycles. The van der Waals surface area contributed by atoms with E-state index in [-0.39, 0.29) is 23.6 Å². The van der Waals surface area contributed by atoms with Gasteiger partial charge in [-0.3, -0.25) is 9.69 Å². The third-order valence-electron chi connectivity index (χ3n) is 5.34. The highest BCUT2D eigenvalue weighted by atomic mass is 19.1. The van der Waals surface area contributed by atoms with Crippen LogP contribution in [-0.4, -0.2) is 50.8 Å². The number of carbonyl (C=O) groups is 1. The zero-order valence-corrected chi connectivity index (χ0v) is 17.6. The van der Waals surface area contributed by atoms with Crippen LogP contribution in [0.25, 0.3) is 0 Å². The standard InChI is InChI=1S/C24H31FN2O3/c1-29-12-6-11-26-24(28)21-13-20(18-30-23-10-5-9-22(25)14-23)16-27(17-21)15-19-7-3-2-4-8-19/h2-5,7-10,14,20-21H,6,11-13,15-18H2,1H3,(H,26,28)/t20-,21+/m0/s1. The molecule has 30 heavy (non-hydrogen) atoms. The molecule has 1 saturated heterocycles. The summed E-state index contributed by atoms with van der Waals surface area (Å²) in [6.07, 6.45) is 1.56. The number of nitrogens with zero attached hydrogens (tertiary/aromatic N) is 1. The SMILES string of the molecule is COCCCNC(=O)[C@@H]1C[C@H](COc2cccc(F)c2)CN(Cc2ccccc2)C1. The molecule has 0 spiro atoms. The Morgan fingerprint density at radius 2 is 2.00 bits per heavy atom. The summed E-state index contributed by atoms with van der Waals surface area (Å²) in [6, 6.07) is 16.5. The van der Waals surface area contributed by atoms with Crippen molar-refractivity contribution in [1.82, 2.24) is 10.2 Å². The minimum Gasteiger partial charge on any atom is -0.493 e. The number of hydrogen-bond acceptors (Lipinski definition) is 4. The van der Waals surface area contributed by atoms with Crippen molar-refractivity contribution in [2.75, 3.05) is 40.0 Å². The highest BCUT2D eigenvalue weighted by Gasteiger charge is 2.32. The number of amides is 1. The third kappa shape index (κ3) is 7.11. The van der Waals surface area contributed by atoms with Crippen LogP contribution in [0.2, 0.25) is 0 Å². The van der Waals surface area contributed by atoms with Gasteiger partial charge in [0.15, 0.2) is 0 Å². The molecule has 2 aromatic carbocycles. The van der Waals surface area contributed by atoms with E-state index >= 15 is 0 Å². The van der Waals surface area contributed by atoms with Crippen LogP contribution < -0.4 is 10.1 Å². The number of hydrogen-bond donors (Lipinski definition) is 1. The lowest BCUT2D eigenvalue weighted by atomic mass is 9.88. The number of nitrogens with one attached hydrogen (secondary N) is 1. The molecule has 0 unspecified atom stereocenters. The molecule has 1 heterocycles. The summed E-state index contributed by atoms with van der Waals surface area (Å²) in [4.78, 5) is 15.1. The number of halogens is 1. The van der Waals surface area contributed by atoms with Crippen molar-refractivity contribution in [1.29, 1.82) is 0 Å². The van der Waals surface area contributed by atoms with Crippen molar-refractivity contribution in [2.45, 2.75) is 19.4 Å². The summed E-state index contributed by atoms with van der Waals surface area (Å²) >= 11 is 0. The largest absolute Gasteiger partial charge is 0.493 e. The van der Waals surface area contributed by atoms with Crippen LogP contribution in [-0.2, 0) is 16.1 Å². The molecule has 0 aromatic heterocycles. The molecule has 0 bridgehead atoms. The normalized spacial score (nSPS) is 19.4. The number of methoxy groups -OCH3 is 1. The molecular weight excluding hydrogens is 383 g/mol. The van der Waals surface area contributed by atoms with Crippen LogP contribution in [0, 0.1) is 17.7 Å². The van der Waals surface area contributed by atoms with Gasteiger partial charge < -0.3 is 14.8 Å². The van der Waals surface area contributed by atoms with E-state index in [4.69, 9.17) is 9.47 Å². The highest BCUT2D eigenvalue weighted by molar-refractivity contribution is 5.79. The Bertz CT molecular complexity index is 787. The Balaban J connectivity index is 1.61. The molecule has 0 saturated carbocycles. The van der Waals surface area contributed by atoms with E-state index in [2.05, 4.69) is 22.3 Å². The zero-order chi connectivity index (χ0) is 21.2. The van der Waals surface area contributed by atoms with Gasteiger partial charge in [0.1, 0.15) is 11.6 Å². The minimum atomic E-state index is -0.310. The third-order valence-corrected chi connectivity index (χ3v) is 5.34. The Morgan fingerprint density at radius 3 is 2.77 bits per heavy atom. The minimum absolute atomic E-state index is 0.0830. The predicted octanol–water partition coefficient (Wildman–Crippen LogP) is 3.50. The van der Waals surface area contributed by atoms with Crippen LogP contribution in [0.4, 0.5) is 4.39 Å². The second-order valence-electron chi connectivity index (χ2n) is 7.88. The van der Waals surface area contributed by atoms with Crippen LogP contribution in [0.1, 0.15) is 18.4 Å². The van der Waals surface area contributed by atoms with E-state index in [1.54, 1.807) is 19.2 Å². The molecule has 2 atom stereocenters. The fraction of sp³-hybridized carbons (Fsp3) is 0.458. The quantitative estimate of drug-likeness (QED) is 0.605. The maximum atomic E-state index is 13.4. The number of ether oxygens (including phenoxy) is 2. The summed E-state index contributed by atoms with van der Waals surface area (Å²) < 4.78 is 24.3. The van der Waals surface area contributed by atoms with Crippen molar-refractivity contribution >= 4 is 5.91 Å². The van der Waals surface area contributed by atoms with Crippen LogP contribution >= 0.6 is 0 Å². The summed E-state index contributed by atoms with van der Waals surface area (Å²) in [5.41, 5.74) is 1.23. The smallest absolute Gasteiger partial charge is 0.224 e. The van der Waals surface area contributed by atoms with Crippen molar-refractivity contribution in [3.63, 3.8) is 0 Å². The Labute approximate surface area is 178 Å². The molecule has 1 amide bonds. The second kappa shape index (κ2) is 11.7. The maximum Gasteiger partial charge on any atom is 0.224 e. The molecule has 3 rings (SSSR count). The van der Waals surface area contributed by atoms with E-state index in [1.807, 2.05) is 18.2 Å². The van der Waals surface area contributed by atoms with Crippen molar-refractivity contribution in [2.24, 2.45) is 11.8 Å². The Morgan fingerprint density at radius 1 is 1.17 bits per heavy atom. The number of piperidine rings is 1. The van der Waals surface area contributed by atoms with E-state index in [9.17, 15) is 9.18 Å². The van der Waals surface area contributed by atoms with Gasteiger partial charge >= 0.3 is 0 Å². The van der Waals surface area contributed by atoms with Gasteiger partial charge in [-0.05, 0) is 30.5 Å². The summed E-state index contributed by atoms with van der Waals surface area (Å²) in [7, 11) is 1.66. The van der Waals surface area contributed by atoms with Crippen LogP contribution in [0.3, 0.4) is 0 Å². The van der Waals surface area contributed by atoms with Gasteiger partial charge in [0, 0.05) is 51.9 Å². The summed E-state index contributed by atoms with van der Waals surface area (Å²) in [6.45, 7) is 4.08. The van der Waals surface area contributed by atoms with Gasteiger partial charge in [-0.1, -0.05) is 36.4 Å². The molecule has 2 aromatic rings. The average Bonchev–Trinajstić information content (AvgIpc) is 2.76. The molecule has 0 radical (unpaired) electrons. The number of rotatable bonds is 10. The zero-order valence-electron chi connectivity index (χ0n) is 17.6. The Kier molecular flexibility index (Phi) is 8.66. The number of likely N-dealkylation sites (tertiary alicyclic amines) is 1. The second-order valence-corrected chi connectivity index (χ2v) is 7.88.